The van der Waals surface area contributed by atoms with Crippen LogP contribution in [0.2, 0.25) is 0 Å². The van der Waals surface area contributed by atoms with Crippen molar-refractivity contribution in [3.63, 3.8) is 0 Å². The van der Waals surface area contributed by atoms with Crippen LogP contribution in [0.25, 0.3) is 5.76 Å². The van der Waals surface area contributed by atoms with Crippen molar-refractivity contribution in [1.29, 1.82) is 0 Å². The smallest absolute Gasteiger partial charge is 0.414 e. The summed E-state index contributed by atoms with van der Waals surface area (Å²) < 4.78 is 35.5. The standard InChI is InChI=1S/C17H23NO5S/c1-6-22-12(2)13-7-8-14-15(11-13)24(20,21)10-9-18(14)16(19)23-17(3,4)5/h7-8,11H,2,6,9-10H2,1,3-5H3. The number of amides is 1. The van der Waals surface area contributed by atoms with E-state index in [9.17, 15) is 13.2 Å². The van der Waals surface area contributed by atoms with E-state index in [-0.39, 0.29) is 17.2 Å². The second kappa shape index (κ2) is 6.47. The third kappa shape index (κ3) is 3.90. The zero-order chi connectivity index (χ0) is 18.1. The highest BCUT2D eigenvalue weighted by molar-refractivity contribution is 7.91. The molecule has 0 atom stereocenters. The Bertz CT molecular complexity index is 762. The highest BCUT2D eigenvalue weighted by Crippen LogP contribution is 2.34. The topological polar surface area (TPSA) is 72.9 Å². The molecule has 6 nitrogen and oxygen atoms in total. The summed E-state index contributed by atoms with van der Waals surface area (Å²) in [6.45, 7) is 11.4. The minimum Gasteiger partial charge on any atom is -0.494 e. The Kier molecular flexibility index (Phi) is 4.94. The van der Waals surface area contributed by atoms with Crippen LogP contribution in [0.15, 0.2) is 29.7 Å². The molecule has 1 aromatic carbocycles. The summed E-state index contributed by atoms with van der Waals surface area (Å²) in [6, 6.07) is 4.78. The van der Waals surface area contributed by atoms with Crippen LogP contribution >= 0.6 is 0 Å². The van der Waals surface area contributed by atoms with Crippen molar-refractivity contribution in [2.75, 3.05) is 23.8 Å². The fourth-order valence-electron chi connectivity index (χ4n) is 2.37. The van der Waals surface area contributed by atoms with Crippen LogP contribution in [0.3, 0.4) is 0 Å². The summed E-state index contributed by atoms with van der Waals surface area (Å²) in [6.07, 6.45) is -0.560. The van der Waals surface area contributed by atoms with E-state index in [1.165, 1.54) is 11.0 Å². The Morgan fingerprint density at radius 2 is 2.00 bits per heavy atom. The molecule has 0 spiro atoms. The Hall–Kier alpha value is -2.02. The summed E-state index contributed by atoms with van der Waals surface area (Å²) in [5.74, 6) is 0.244. The van der Waals surface area contributed by atoms with Crippen LogP contribution in [0.1, 0.15) is 33.3 Å². The van der Waals surface area contributed by atoms with E-state index >= 15 is 0 Å². The molecule has 0 aromatic heterocycles. The number of sulfone groups is 1. The molecule has 24 heavy (non-hydrogen) atoms. The summed E-state index contributed by atoms with van der Waals surface area (Å²) in [5, 5.41) is 0. The number of hydrogen-bond donors (Lipinski definition) is 0. The number of hydrogen-bond acceptors (Lipinski definition) is 5. The van der Waals surface area contributed by atoms with E-state index in [2.05, 4.69) is 6.58 Å². The normalized spacial score (nSPS) is 16.2. The summed E-state index contributed by atoms with van der Waals surface area (Å²) in [5.41, 5.74) is 0.241. The molecule has 1 heterocycles. The maximum absolute atomic E-state index is 12.4. The van der Waals surface area contributed by atoms with Gasteiger partial charge in [-0.2, -0.15) is 0 Å². The third-order valence-electron chi connectivity index (χ3n) is 3.42. The zero-order valence-electron chi connectivity index (χ0n) is 14.5. The van der Waals surface area contributed by atoms with Crippen molar-refractivity contribution >= 4 is 27.4 Å². The maximum Gasteiger partial charge on any atom is 0.414 e. The van der Waals surface area contributed by atoms with Crippen molar-refractivity contribution in [1.82, 2.24) is 0 Å². The lowest BCUT2D eigenvalue weighted by Crippen LogP contribution is -2.42. The minimum absolute atomic E-state index is 0.0655. The van der Waals surface area contributed by atoms with Crippen LogP contribution < -0.4 is 4.90 Å². The van der Waals surface area contributed by atoms with E-state index in [4.69, 9.17) is 9.47 Å². The molecule has 132 valence electrons. The van der Waals surface area contributed by atoms with Gasteiger partial charge in [-0.1, -0.05) is 6.58 Å². The number of ether oxygens (including phenoxy) is 2. The second-order valence-electron chi connectivity index (χ2n) is 6.49. The molecule has 1 aliphatic rings. The van der Waals surface area contributed by atoms with Crippen LogP contribution in [-0.4, -0.2) is 39.0 Å². The van der Waals surface area contributed by atoms with Crippen LogP contribution in [-0.2, 0) is 19.3 Å². The van der Waals surface area contributed by atoms with Crippen LogP contribution in [0.4, 0.5) is 10.5 Å². The van der Waals surface area contributed by atoms with Gasteiger partial charge in [-0.3, -0.25) is 4.90 Å². The number of nitrogens with zero attached hydrogens (tertiary/aromatic N) is 1. The fourth-order valence-corrected chi connectivity index (χ4v) is 3.81. The molecule has 0 fully saturated rings. The van der Waals surface area contributed by atoms with E-state index in [0.29, 0.717) is 23.6 Å². The van der Waals surface area contributed by atoms with Gasteiger partial charge < -0.3 is 9.47 Å². The average Bonchev–Trinajstić information content (AvgIpc) is 2.45. The van der Waals surface area contributed by atoms with Gasteiger partial charge in [0.1, 0.15) is 11.4 Å². The van der Waals surface area contributed by atoms with E-state index < -0.39 is 21.5 Å². The minimum atomic E-state index is -3.47. The van der Waals surface area contributed by atoms with E-state index in [0.717, 1.165) is 0 Å². The van der Waals surface area contributed by atoms with Crippen molar-refractivity contribution in [2.24, 2.45) is 0 Å². The lowest BCUT2D eigenvalue weighted by Gasteiger charge is -2.31. The van der Waals surface area contributed by atoms with Gasteiger partial charge in [0.05, 0.1) is 22.9 Å². The summed E-state index contributed by atoms with van der Waals surface area (Å²) in [4.78, 5) is 13.8. The first-order valence-corrected chi connectivity index (χ1v) is 9.40. The van der Waals surface area contributed by atoms with Gasteiger partial charge in [0.15, 0.2) is 9.84 Å². The van der Waals surface area contributed by atoms with Gasteiger partial charge in [0, 0.05) is 12.1 Å². The molecule has 0 N–H and O–H groups in total. The van der Waals surface area contributed by atoms with E-state index in [1.54, 1.807) is 32.9 Å². The van der Waals surface area contributed by atoms with Crippen molar-refractivity contribution < 1.29 is 22.7 Å². The average molecular weight is 353 g/mol. The van der Waals surface area contributed by atoms with Crippen molar-refractivity contribution in [2.45, 2.75) is 38.2 Å². The molecule has 7 heteroatoms. The largest absolute Gasteiger partial charge is 0.494 e. The van der Waals surface area contributed by atoms with Crippen molar-refractivity contribution in [3.8, 4) is 0 Å². The molecule has 2 rings (SSSR count). The summed E-state index contributed by atoms with van der Waals surface area (Å²) in [7, 11) is -3.47. The molecular weight excluding hydrogens is 330 g/mol. The first-order valence-electron chi connectivity index (χ1n) is 7.74. The number of rotatable bonds is 3. The molecule has 0 unspecified atom stereocenters. The number of carbonyl (C=O) groups excluding carboxylic acids is 1. The molecule has 0 aliphatic carbocycles. The first-order chi connectivity index (χ1) is 11.0. The van der Waals surface area contributed by atoms with Crippen LogP contribution in [0, 0.1) is 0 Å². The molecule has 1 aliphatic heterocycles. The van der Waals surface area contributed by atoms with E-state index in [1.807, 2.05) is 6.92 Å². The second-order valence-corrected chi connectivity index (χ2v) is 8.57. The molecule has 1 aromatic rings. The third-order valence-corrected chi connectivity index (χ3v) is 5.14. The molecule has 1 amide bonds. The van der Waals surface area contributed by atoms with Gasteiger partial charge in [-0.05, 0) is 45.9 Å². The highest BCUT2D eigenvalue weighted by Gasteiger charge is 2.34. The summed E-state index contributed by atoms with van der Waals surface area (Å²) >= 11 is 0. The highest BCUT2D eigenvalue weighted by atomic mass is 32.2. The number of benzene rings is 1. The quantitative estimate of drug-likeness (QED) is 0.780. The number of carbonyl (C=O) groups is 1. The Morgan fingerprint density at radius 3 is 2.58 bits per heavy atom. The SMILES string of the molecule is C=C(OCC)c1ccc2c(c1)S(=O)(=O)CCN2C(=O)OC(C)(C)C. The predicted molar refractivity (Wildman–Crippen MR) is 92.7 cm³/mol. The van der Waals surface area contributed by atoms with Gasteiger partial charge in [-0.15, -0.1) is 0 Å². The molecule has 0 saturated heterocycles. The Balaban J connectivity index is 2.44. The fraction of sp³-hybridized carbons (Fsp3) is 0.471. The Morgan fingerprint density at radius 1 is 1.33 bits per heavy atom. The van der Waals surface area contributed by atoms with Gasteiger partial charge >= 0.3 is 6.09 Å². The zero-order valence-corrected chi connectivity index (χ0v) is 15.3. The number of fused-ring (bicyclic) bond motifs is 1. The van der Waals surface area contributed by atoms with Gasteiger partial charge in [0.25, 0.3) is 0 Å². The predicted octanol–water partition coefficient (Wildman–Crippen LogP) is 3.22. The van der Waals surface area contributed by atoms with Gasteiger partial charge in [-0.25, -0.2) is 13.2 Å². The van der Waals surface area contributed by atoms with Crippen molar-refractivity contribution in [3.05, 3.63) is 30.3 Å². The monoisotopic (exact) mass is 353 g/mol. The first kappa shape index (κ1) is 18.3. The molecule has 0 radical (unpaired) electrons. The lowest BCUT2D eigenvalue weighted by atomic mass is 10.1. The number of anilines is 1. The maximum atomic E-state index is 12.4. The van der Waals surface area contributed by atoms with Crippen LogP contribution in [0.5, 0.6) is 0 Å². The molecule has 0 saturated carbocycles. The van der Waals surface area contributed by atoms with Gasteiger partial charge in [0.2, 0.25) is 0 Å². The molecular formula is C17H23NO5S. The Labute approximate surface area is 143 Å². The molecule has 0 bridgehead atoms. The lowest BCUT2D eigenvalue weighted by molar-refractivity contribution is 0.0581.